The molecule has 0 fully saturated rings. The van der Waals surface area contributed by atoms with E-state index in [1.165, 1.54) is 0 Å². The van der Waals surface area contributed by atoms with Crippen molar-refractivity contribution in [3.63, 3.8) is 0 Å². The lowest BCUT2D eigenvalue weighted by Crippen LogP contribution is -1.89. The van der Waals surface area contributed by atoms with E-state index < -0.39 is 0 Å². The summed E-state index contributed by atoms with van der Waals surface area (Å²) in [5.41, 5.74) is 1.42. The Morgan fingerprint density at radius 2 is 2.00 bits per heavy atom. The maximum atomic E-state index is 5.10. The summed E-state index contributed by atoms with van der Waals surface area (Å²) in [5, 5.41) is 15.2. The number of aromatic nitrogens is 4. The number of hydrogen-bond donors (Lipinski definition) is 0. The van der Waals surface area contributed by atoms with Crippen LogP contribution < -0.4 is 0 Å². The van der Waals surface area contributed by atoms with Crippen LogP contribution in [0.15, 0.2) is 21.3 Å². The van der Waals surface area contributed by atoms with E-state index in [1.807, 2.05) is 13.0 Å². The Balaban J connectivity index is 2.41. The minimum Gasteiger partial charge on any atom is -0.409 e. The molecule has 0 unspecified atom stereocenters. The van der Waals surface area contributed by atoms with Gasteiger partial charge < -0.3 is 4.42 Å². The van der Waals surface area contributed by atoms with E-state index in [0.29, 0.717) is 16.4 Å². The maximum Gasteiger partial charge on any atom is 0.285 e. The number of nitrogens with zero attached hydrogens (tertiary/aromatic N) is 4. The van der Waals surface area contributed by atoms with Gasteiger partial charge in [0.15, 0.2) is 0 Å². The number of halogens is 1. The summed E-state index contributed by atoms with van der Waals surface area (Å²) in [5.74, 6) is 0.361. The number of rotatable bonds is 1. The molecule has 0 bridgehead atoms. The molecule has 0 N–H and O–H groups in total. The van der Waals surface area contributed by atoms with Gasteiger partial charge in [0.25, 0.3) is 10.7 Å². The van der Waals surface area contributed by atoms with Crippen molar-refractivity contribution in [2.75, 3.05) is 0 Å². The molecule has 0 aliphatic heterocycles. The van der Waals surface area contributed by atoms with E-state index in [2.05, 4.69) is 36.3 Å². The van der Waals surface area contributed by atoms with Gasteiger partial charge in [-0.2, -0.15) is 5.10 Å². The fraction of sp³-hybridized carbons (Fsp3) is 0.143. The molecule has 0 saturated heterocycles. The molecular formula is C7H5BrN4O. The van der Waals surface area contributed by atoms with Gasteiger partial charge in [-0.1, -0.05) is 0 Å². The standard InChI is InChI=1S/C7H5BrN4O/c1-4-2-3-5(10-9-4)6-11-12-7(8)13-6/h2-3H,1H3. The highest BCUT2D eigenvalue weighted by molar-refractivity contribution is 9.10. The van der Waals surface area contributed by atoms with Crippen LogP contribution in [0.25, 0.3) is 11.6 Å². The van der Waals surface area contributed by atoms with Gasteiger partial charge in [0.05, 0.1) is 5.69 Å². The zero-order chi connectivity index (χ0) is 9.26. The van der Waals surface area contributed by atoms with E-state index >= 15 is 0 Å². The van der Waals surface area contributed by atoms with E-state index in [9.17, 15) is 0 Å². The third-order valence-electron chi connectivity index (χ3n) is 1.42. The molecule has 5 nitrogen and oxygen atoms in total. The largest absolute Gasteiger partial charge is 0.409 e. The van der Waals surface area contributed by atoms with Gasteiger partial charge in [0, 0.05) is 15.9 Å². The van der Waals surface area contributed by atoms with Crippen molar-refractivity contribution in [3.8, 4) is 11.6 Å². The van der Waals surface area contributed by atoms with Crippen molar-refractivity contribution in [1.82, 2.24) is 20.4 Å². The van der Waals surface area contributed by atoms with Gasteiger partial charge in [0.1, 0.15) is 5.69 Å². The lowest BCUT2D eigenvalue weighted by molar-refractivity contribution is 0.537. The normalized spacial score (nSPS) is 10.3. The molecule has 0 spiro atoms. The Morgan fingerprint density at radius 1 is 1.15 bits per heavy atom. The Morgan fingerprint density at radius 3 is 2.54 bits per heavy atom. The molecule has 0 aliphatic rings. The van der Waals surface area contributed by atoms with Crippen molar-refractivity contribution < 1.29 is 4.42 Å². The summed E-state index contributed by atoms with van der Waals surface area (Å²) in [7, 11) is 0. The van der Waals surface area contributed by atoms with Gasteiger partial charge in [-0.05, 0) is 19.1 Å². The minimum atomic E-state index is 0.338. The van der Waals surface area contributed by atoms with Gasteiger partial charge in [-0.25, -0.2) is 0 Å². The van der Waals surface area contributed by atoms with Crippen LogP contribution in [0.5, 0.6) is 0 Å². The molecule has 0 saturated carbocycles. The summed E-state index contributed by atoms with van der Waals surface area (Å²) in [6.07, 6.45) is 0. The van der Waals surface area contributed by atoms with Crippen molar-refractivity contribution in [1.29, 1.82) is 0 Å². The van der Waals surface area contributed by atoms with Gasteiger partial charge in [-0.15, -0.1) is 15.3 Å². The number of hydrogen-bond acceptors (Lipinski definition) is 5. The van der Waals surface area contributed by atoms with E-state index in [4.69, 9.17) is 4.42 Å². The Bertz CT molecular complexity index is 411. The second-order valence-corrected chi connectivity index (χ2v) is 3.10. The monoisotopic (exact) mass is 240 g/mol. The molecule has 2 heterocycles. The molecule has 2 rings (SSSR count). The van der Waals surface area contributed by atoms with E-state index in [0.717, 1.165) is 5.69 Å². The van der Waals surface area contributed by atoms with Crippen LogP contribution >= 0.6 is 15.9 Å². The first kappa shape index (κ1) is 8.31. The first-order chi connectivity index (χ1) is 6.25. The molecule has 0 amide bonds. The van der Waals surface area contributed by atoms with Crippen molar-refractivity contribution in [3.05, 3.63) is 22.6 Å². The molecule has 0 aliphatic carbocycles. The topological polar surface area (TPSA) is 64.7 Å². The average molecular weight is 241 g/mol. The van der Waals surface area contributed by atoms with Crippen molar-refractivity contribution in [2.24, 2.45) is 0 Å². The summed E-state index contributed by atoms with van der Waals surface area (Å²) >= 11 is 3.06. The van der Waals surface area contributed by atoms with Crippen molar-refractivity contribution >= 4 is 15.9 Å². The maximum absolute atomic E-state index is 5.10. The van der Waals surface area contributed by atoms with Crippen LogP contribution in [-0.4, -0.2) is 20.4 Å². The summed E-state index contributed by atoms with van der Waals surface area (Å²) in [6.45, 7) is 1.86. The molecular weight excluding hydrogens is 236 g/mol. The van der Waals surface area contributed by atoms with Gasteiger partial charge in [0.2, 0.25) is 0 Å². The lowest BCUT2D eigenvalue weighted by Gasteiger charge is -1.91. The van der Waals surface area contributed by atoms with Crippen LogP contribution in [0.1, 0.15) is 5.69 Å². The lowest BCUT2D eigenvalue weighted by atomic mass is 10.3. The number of aryl methyl sites for hydroxylation is 1. The molecule has 0 aromatic carbocycles. The highest BCUT2D eigenvalue weighted by Crippen LogP contribution is 2.16. The van der Waals surface area contributed by atoms with Crippen LogP contribution in [0.2, 0.25) is 0 Å². The fourth-order valence-electron chi connectivity index (χ4n) is 0.822. The Kier molecular flexibility index (Phi) is 2.05. The predicted octanol–water partition coefficient (Wildman–Crippen LogP) is 1.60. The zero-order valence-electron chi connectivity index (χ0n) is 6.73. The molecule has 0 radical (unpaired) electrons. The zero-order valence-corrected chi connectivity index (χ0v) is 8.32. The van der Waals surface area contributed by atoms with Crippen LogP contribution in [0.4, 0.5) is 0 Å². The summed E-state index contributed by atoms with van der Waals surface area (Å²) < 4.78 is 5.10. The molecule has 0 atom stereocenters. The predicted molar refractivity (Wildman–Crippen MR) is 47.8 cm³/mol. The fourth-order valence-corrected chi connectivity index (χ4v) is 1.05. The Hall–Kier alpha value is -1.30. The van der Waals surface area contributed by atoms with Crippen LogP contribution in [-0.2, 0) is 0 Å². The summed E-state index contributed by atoms with van der Waals surface area (Å²) in [6, 6.07) is 3.61. The van der Waals surface area contributed by atoms with Crippen LogP contribution in [0.3, 0.4) is 0 Å². The SMILES string of the molecule is Cc1ccc(-c2nnc(Br)o2)nn1. The summed E-state index contributed by atoms with van der Waals surface area (Å²) in [4.78, 5) is 0.338. The third kappa shape index (κ3) is 1.72. The van der Waals surface area contributed by atoms with Crippen molar-refractivity contribution in [2.45, 2.75) is 6.92 Å². The highest BCUT2D eigenvalue weighted by Gasteiger charge is 2.07. The highest BCUT2D eigenvalue weighted by atomic mass is 79.9. The average Bonchev–Trinajstić information content (AvgIpc) is 2.53. The first-order valence-corrected chi connectivity index (χ1v) is 4.35. The smallest absolute Gasteiger partial charge is 0.285 e. The second-order valence-electron chi connectivity index (χ2n) is 2.42. The van der Waals surface area contributed by atoms with E-state index in [1.54, 1.807) is 6.07 Å². The van der Waals surface area contributed by atoms with Gasteiger partial charge in [-0.3, -0.25) is 0 Å². The molecule has 2 aromatic rings. The molecule has 66 valence electrons. The van der Waals surface area contributed by atoms with E-state index in [-0.39, 0.29) is 0 Å². The minimum absolute atomic E-state index is 0.338. The molecule has 13 heavy (non-hydrogen) atoms. The molecule has 6 heteroatoms. The Labute approximate surface area is 82.3 Å². The van der Waals surface area contributed by atoms with Gasteiger partial charge >= 0.3 is 0 Å². The first-order valence-electron chi connectivity index (χ1n) is 3.55. The second kappa shape index (κ2) is 3.21. The third-order valence-corrected chi connectivity index (χ3v) is 1.74. The quantitative estimate of drug-likeness (QED) is 0.758. The molecule has 2 aromatic heterocycles. The van der Waals surface area contributed by atoms with Crippen LogP contribution in [0, 0.1) is 6.92 Å².